The number of aryl methyl sites for hydroxylation is 1. The van der Waals surface area contributed by atoms with Gasteiger partial charge >= 0.3 is 0 Å². The van der Waals surface area contributed by atoms with E-state index in [9.17, 15) is 9.59 Å². The van der Waals surface area contributed by atoms with Crippen molar-refractivity contribution in [1.29, 1.82) is 0 Å². The summed E-state index contributed by atoms with van der Waals surface area (Å²) in [4.78, 5) is 31.4. The minimum absolute atomic E-state index is 0.0763. The maximum Gasteiger partial charge on any atom is 0.260 e. The Morgan fingerprint density at radius 3 is 2.57 bits per heavy atom. The molecular formula is C27H31ClN6O2S. The Morgan fingerprint density at radius 1 is 1.19 bits per heavy atom. The molecule has 0 radical (unpaired) electrons. The molecule has 1 aliphatic rings. The van der Waals surface area contributed by atoms with Crippen LogP contribution in [0.1, 0.15) is 42.0 Å². The van der Waals surface area contributed by atoms with Crippen molar-refractivity contribution in [3.63, 3.8) is 0 Å². The number of nitrogens with two attached hydrogens (primary N) is 2. The van der Waals surface area contributed by atoms with Crippen LogP contribution in [0.25, 0.3) is 22.0 Å². The van der Waals surface area contributed by atoms with Gasteiger partial charge in [0.25, 0.3) is 5.56 Å². The summed E-state index contributed by atoms with van der Waals surface area (Å²) in [6.45, 7) is 2.09. The van der Waals surface area contributed by atoms with Crippen molar-refractivity contribution < 1.29 is 4.79 Å². The molecule has 4 aromatic rings. The Kier molecular flexibility index (Phi) is 10.1. The number of nitrogen functional groups attached to an aromatic ring is 1. The van der Waals surface area contributed by atoms with Crippen LogP contribution in [0.3, 0.4) is 0 Å². The zero-order valence-corrected chi connectivity index (χ0v) is 22.6. The highest BCUT2D eigenvalue weighted by Gasteiger charge is 2.27. The summed E-state index contributed by atoms with van der Waals surface area (Å²) in [5.41, 5.74) is 13.9. The van der Waals surface area contributed by atoms with Gasteiger partial charge in [-0.25, -0.2) is 9.97 Å². The van der Waals surface area contributed by atoms with E-state index in [1.165, 1.54) is 19.0 Å². The second kappa shape index (κ2) is 13.2. The summed E-state index contributed by atoms with van der Waals surface area (Å²) in [5.74, 6) is 0.146. The number of nitrogens with zero attached hydrogens (tertiary/aromatic N) is 3. The molecule has 0 atom stereocenters. The van der Waals surface area contributed by atoms with Crippen LogP contribution in [0, 0.1) is 0 Å². The number of fused-ring (bicyclic) bond motifs is 1. The van der Waals surface area contributed by atoms with Gasteiger partial charge in [-0.2, -0.15) is 0 Å². The Hall–Kier alpha value is -3.40. The Morgan fingerprint density at radius 2 is 1.92 bits per heavy atom. The molecule has 1 fully saturated rings. The normalized spacial score (nSPS) is 12.1. The molecule has 194 valence electrons. The topological polar surface area (TPSA) is 129 Å². The van der Waals surface area contributed by atoms with Crippen molar-refractivity contribution in [2.45, 2.75) is 32.2 Å². The minimum Gasteiger partial charge on any atom is -0.382 e. The van der Waals surface area contributed by atoms with Crippen LogP contribution in [0.4, 0.5) is 11.5 Å². The van der Waals surface area contributed by atoms with Crippen LogP contribution < -0.4 is 21.7 Å². The van der Waals surface area contributed by atoms with Gasteiger partial charge in [0.05, 0.1) is 22.3 Å². The predicted molar refractivity (Wildman–Crippen MR) is 155 cm³/mol. The molecule has 1 saturated carbocycles. The van der Waals surface area contributed by atoms with E-state index in [1.54, 1.807) is 12.3 Å². The molecule has 37 heavy (non-hydrogen) atoms. The van der Waals surface area contributed by atoms with E-state index in [-0.39, 0.29) is 17.1 Å². The first-order valence-electron chi connectivity index (χ1n) is 11.8. The molecule has 0 spiro atoms. The number of pyridine rings is 1. The van der Waals surface area contributed by atoms with Crippen LogP contribution in [0.5, 0.6) is 0 Å². The number of benzene rings is 2. The fraction of sp³-hybridized carbons (Fsp3) is 0.259. The second-order valence-corrected chi connectivity index (χ2v) is 9.15. The minimum atomic E-state index is 0.0763. The SMILES string of the molecule is CCc1cc2cccc(Cl)c2c(=O)n1C1CC1.CN.CSNc1cccc(-c2cnc(N)c(C=O)n2)c1. The van der Waals surface area contributed by atoms with E-state index in [1.807, 2.05) is 47.2 Å². The highest BCUT2D eigenvalue weighted by atomic mass is 35.5. The molecule has 0 amide bonds. The lowest BCUT2D eigenvalue weighted by atomic mass is 10.1. The number of rotatable bonds is 6. The number of aldehydes is 1. The van der Waals surface area contributed by atoms with E-state index in [2.05, 4.69) is 33.4 Å². The van der Waals surface area contributed by atoms with Crippen molar-refractivity contribution in [3.05, 3.63) is 81.5 Å². The van der Waals surface area contributed by atoms with E-state index in [0.29, 0.717) is 28.4 Å². The van der Waals surface area contributed by atoms with Gasteiger partial charge in [-0.05, 0) is 56.0 Å². The number of halogens is 1. The van der Waals surface area contributed by atoms with Crippen LogP contribution in [-0.4, -0.2) is 34.1 Å². The molecule has 0 unspecified atom stereocenters. The van der Waals surface area contributed by atoms with Crippen molar-refractivity contribution in [2.24, 2.45) is 5.73 Å². The number of carbonyl (C=O) groups is 1. The van der Waals surface area contributed by atoms with Crippen molar-refractivity contribution in [3.8, 4) is 11.3 Å². The molecule has 1 aliphatic carbocycles. The molecule has 0 bridgehead atoms. The van der Waals surface area contributed by atoms with Crippen LogP contribution in [0.15, 0.2) is 59.5 Å². The number of carbonyl (C=O) groups excluding carboxylic acids is 1. The predicted octanol–water partition coefficient (Wildman–Crippen LogP) is 5.36. The summed E-state index contributed by atoms with van der Waals surface area (Å²) >= 11 is 7.65. The van der Waals surface area contributed by atoms with E-state index < -0.39 is 0 Å². The molecule has 0 aliphatic heterocycles. The molecule has 2 heterocycles. The van der Waals surface area contributed by atoms with Crippen LogP contribution >= 0.6 is 23.5 Å². The highest BCUT2D eigenvalue weighted by molar-refractivity contribution is 7.99. The molecule has 0 saturated heterocycles. The lowest BCUT2D eigenvalue weighted by Crippen LogP contribution is -2.22. The maximum atomic E-state index is 12.5. The maximum absolute atomic E-state index is 12.5. The van der Waals surface area contributed by atoms with Crippen molar-refractivity contribution in [1.82, 2.24) is 14.5 Å². The fourth-order valence-corrected chi connectivity index (χ4v) is 4.52. The second-order valence-electron chi connectivity index (χ2n) is 8.13. The lowest BCUT2D eigenvalue weighted by molar-refractivity contribution is 0.111. The number of hydrogen-bond acceptors (Lipinski definition) is 8. The largest absolute Gasteiger partial charge is 0.382 e. The number of aromatic nitrogens is 3. The molecule has 5 N–H and O–H groups in total. The number of nitrogens with one attached hydrogen (secondary N) is 1. The fourth-order valence-electron chi connectivity index (χ4n) is 3.89. The Balaban J connectivity index is 0.000000193. The van der Waals surface area contributed by atoms with Gasteiger partial charge in [-0.15, -0.1) is 0 Å². The van der Waals surface area contributed by atoms with E-state index >= 15 is 0 Å². The third-order valence-electron chi connectivity index (χ3n) is 5.70. The summed E-state index contributed by atoms with van der Waals surface area (Å²) in [7, 11) is 1.50. The van der Waals surface area contributed by atoms with Crippen molar-refractivity contribution >= 4 is 52.1 Å². The first kappa shape index (κ1) is 28.2. The molecule has 5 rings (SSSR count). The molecule has 2 aromatic heterocycles. The third kappa shape index (κ3) is 6.68. The summed E-state index contributed by atoms with van der Waals surface area (Å²) in [6, 6.07) is 15.8. The highest BCUT2D eigenvalue weighted by Crippen LogP contribution is 2.36. The first-order valence-corrected chi connectivity index (χ1v) is 13.4. The Bertz CT molecular complexity index is 1440. The van der Waals surface area contributed by atoms with Gasteiger partial charge in [-0.1, -0.05) is 54.7 Å². The van der Waals surface area contributed by atoms with Gasteiger partial charge in [-0.3, -0.25) is 9.59 Å². The quantitative estimate of drug-likeness (QED) is 0.221. The summed E-state index contributed by atoms with van der Waals surface area (Å²) in [6.07, 6.45) is 7.22. The molecular weight excluding hydrogens is 508 g/mol. The number of hydrogen-bond donors (Lipinski definition) is 3. The van der Waals surface area contributed by atoms with Gasteiger partial charge in [0.15, 0.2) is 12.1 Å². The summed E-state index contributed by atoms with van der Waals surface area (Å²) in [5, 5.41) is 2.18. The van der Waals surface area contributed by atoms with E-state index in [4.69, 9.17) is 17.3 Å². The third-order valence-corrected chi connectivity index (χ3v) is 6.46. The average molecular weight is 539 g/mol. The van der Waals surface area contributed by atoms with Gasteiger partial charge < -0.3 is 20.8 Å². The van der Waals surface area contributed by atoms with Crippen LogP contribution in [-0.2, 0) is 6.42 Å². The Labute approximate surface area is 225 Å². The van der Waals surface area contributed by atoms with E-state index in [0.717, 1.165) is 41.6 Å². The summed E-state index contributed by atoms with van der Waals surface area (Å²) < 4.78 is 5.07. The van der Waals surface area contributed by atoms with Gasteiger partial charge in [0.2, 0.25) is 0 Å². The zero-order valence-electron chi connectivity index (χ0n) is 21.1. The average Bonchev–Trinajstić information content (AvgIpc) is 3.76. The van der Waals surface area contributed by atoms with Gasteiger partial charge in [0.1, 0.15) is 5.69 Å². The number of anilines is 2. The monoisotopic (exact) mass is 538 g/mol. The first-order chi connectivity index (χ1) is 18.0. The molecule has 2 aromatic carbocycles. The van der Waals surface area contributed by atoms with Crippen molar-refractivity contribution in [2.75, 3.05) is 23.8 Å². The lowest BCUT2D eigenvalue weighted by Gasteiger charge is -2.12. The van der Waals surface area contributed by atoms with Gasteiger partial charge in [0, 0.05) is 29.2 Å². The molecule has 8 nitrogen and oxygen atoms in total. The smallest absolute Gasteiger partial charge is 0.260 e. The zero-order chi connectivity index (χ0) is 26.9. The standard InChI is InChI=1S/C14H14ClNO.C12H12N4OS.CH5N/c1-2-10-8-9-4-3-5-12(15)13(9)14(17)16(10)11-6-7-11;1-18-16-9-4-2-3-8(5-9)10-6-14-12(13)11(7-17)15-10;1-2/h3-5,8,11H,2,6-7H2,1H3;2-7,16H,1H3,(H2,13,14);2H2,1H3. The van der Waals surface area contributed by atoms with Crippen LogP contribution in [0.2, 0.25) is 5.02 Å². The molecule has 10 heteroatoms.